The van der Waals surface area contributed by atoms with Crippen molar-refractivity contribution in [1.82, 2.24) is 9.97 Å². The molecule has 3 aromatic rings. The van der Waals surface area contributed by atoms with E-state index in [0.29, 0.717) is 10.9 Å². The second-order valence-electron chi connectivity index (χ2n) is 3.94. The van der Waals surface area contributed by atoms with E-state index in [1.165, 1.54) is 5.56 Å². The predicted molar refractivity (Wildman–Crippen MR) is 74.4 cm³/mol. The van der Waals surface area contributed by atoms with Crippen LogP contribution >= 0.6 is 11.8 Å². The number of ether oxygens (including phenoxy) is 1. The number of rotatable bonds is 4. The van der Waals surface area contributed by atoms with Crippen molar-refractivity contribution in [3.8, 4) is 5.75 Å². The molecule has 0 unspecified atom stereocenters. The fourth-order valence-electron chi connectivity index (χ4n) is 1.68. The second-order valence-corrected chi connectivity index (χ2v) is 4.87. The lowest BCUT2D eigenvalue weighted by atomic mass is 10.2. The van der Waals surface area contributed by atoms with Gasteiger partial charge in [-0.15, -0.1) is 0 Å². The van der Waals surface area contributed by atoms with Crippen LogP contribution in [-0.4, -0.2) is 17.1 Å². The van der Waals surface area contributed by atoms with Crippen LogP contribution in [0.1, 0.15) is 5.56 Å². The van der Waals surface area contributed by atoms with Gasteiger partial charge in [-0.1, -0.05) is 23.9 Å². The average molecular weight is 272 g/mol. The van der Waals surface area contributed by atoms with E-state index in [2.05, 4.69) is 9.97 Å². The van der Waals surface area contributed by atoms with Crippen LogP contribution < -0.4 is 4.74 Å². The normalized spacial score (nSPS) is 10.8. The van der Waals surface area contributed by atoms with E-state index >= 15 is 0 Å². The Bertz CT molecular complexity index is 646. The van der Waals surface area contributed by atoms with E-state index in [1.807, 2.05) is 36.4 Å². The maximum atomic E-state index is 5.60. The molecular formula is C14H12N2O2S. The van der Waals surface area contributed by atoms with Crippen molar-refractivity contribution in [2.24, 2.45) is 0 Å². The molecule has 0 spiro atoms. The summed E-state index contributed by atoms with van der Waals surface area (Å²) in [5.41, 5.74) is 2.57. The second kappa shape index (κ2) is 5.32. The first-order chi connectivity index (χ1) is 9.35. The number of pyridine rings is 1. The van der Waals surface area contributed by atoms with Gasteiger partial charge in [-0.3, -0.25) is 0 Å². The fourth-order valence-corrected chi connectivity index (χ4v) is 2.46. The summed E-state index contributed by atoms with van der Waals surface area (Å²) >= 11 is 1.55. The first kappa shape index (κ1) is 12.0. The molecule has 0 atom stereocenters. The Labute approximate surface area is 114 Å². The van der Waals surface area contributed by atoms with Crippen molar-refractivity contribution in [3.05, 3.63) is 48.2 Å². The summed E-state index contributed by atoms with van der Waals surface area (Å²) in [6.45, 7) is 0. The summed E-state index contributed by atoms with van der Waals surface area (Å²) in [6, 6.07) is 11.7. The molecule has 0 aliphatic rings. The maximum Gasteiger partial charge on any atom is 0.258 e. The summed E-state index contributed by atoms with van der Waals surface area (Å²) in [5.74, 6) is 1.66. The Balaban J connectivity index is 1.70. The van der Waals surface area contributed by atoms with E-state index in [4.69, 9.17) is 9.15 Å². The number of hydrogen-bond acceptors (Lipinski definition) is 5. The van der Waals surface area contributed by atoms with Gasteiger partial charge in [0, 0.05) is 11.9 Å². The number of benzene rings is 1. The lowest BCUT2D eigenvalue weighted by Crippen LogP contribution is -1.84. The van der Waals surface area contributed by atoms with Gasteiger partial charge in [0.1, 0.15) is 5.75 Å². The van der Waals surface area contributed by atoms with Gasteiger partial charge in [0.25, 0.3) is 5.22 Å². The summed E-state index contributed by atoms with van der Waals surface area (Å²) < 4.78 is 10.7. The minimum Gasteiger partial charge on any atom is -0.497 e. The van der Waals surface area contributed by atoms with Gasteiger partial charge < -0.3 is 9.15 Å². The molecule has 0 radical (unpaired) electrons. The number of thioether (sulfide) groups is 1. The zero-order valence-electron chi connectivity index (χ0n) is 10.4. The molecule has 0 saturated heterocycles. The maximum absolute atomic E-state index is 5.60. The molecule has 2 aromatic heterocycles. The highest BCUT2D eigenvalue weighted by Crippen LogP contribution is 2.25. The zero-order chi connectivity index (χ0) is 13.1. The first-order valence-electron chi connectivity index (χ1n) is 5.82. The Kier molecular flexibility index (Phi) is 3.37. The van der Waals surface area contributed by atoms with Crippen LogP contribution in [-0.2, 0) is 5.75 Å². The minimum absolute atomic E-state index is 0.643. The largest absolute Gasteiger partial charge is 0.497 e. The van der Waals surface area contributed by atoms with Gasteiger partial charge in [-0.2, -0.15) is 4.98 Å². The Morgan fingerprint density at radius 2 is 2.05 bits per heavy atom. The predicted octanol–water partition coefficient (Wildman–Crippen LogP) is 3.52. The van der Waals surface area contributed by atoms with E-state index < -0.39 is 0 Å². The molecule has 0 aliphatic carbocycles. The molecule has 0 saturated carbocycles. The average Bonchev–Trinajstić information content (AvgIpc) is 2.88. The van der Waals surface area contributed by atoms with Crippen molar-refractivity contribution in [2.75, 3.05) is 7.11 Å². The third-order valence-corrected chi connectivity index (χ3v) is 3.57. The van der Waals surface area contributed by atoms with Crippen LogP contribution in [0.3, 0.4) is 0 Å². The highest BCUT2D eigenvalue weighted by Gasteiger charge is 2.06. The van der Waals surface area contributed by atoms with Crippen molar-refractivity contribution in [2.45, 2.75) is 11.0 Å². The van der Waals surface area contributed by atoms with Gasteiger partial charge in [-0.25, -0.2) is 4.98 Å². The Hall–Kier alpha value is -2.01. The summed E-state index contributed by atoms with van der Waals surface area (Å²) in [4.78, 5) is 8.47. The number of oxazole rings is 1. The number of aromatic nitrogens is 2. The van der Waals surface area contributed by atoms with E-state index in [9.17, 15) is 0 Å². The van der Waals surface area contributed by atoms with Gasteiger partial charge in [0.05, 0.1) is 7.11 Å². The van der Waals surface area contributed by atoms with E-state index in [-0.39, 0.29) is 0 Å². The fraction of sp³-hybridized carbons (Fsp3) is 0.143. The molecule has 1 aromatic carbocycles. The van der Waals surface area contributed by atoms with Crippen molar-refractivity contribution < 1.29 is 9.15 Å². The minimum atomic E-state index is 0.643. The van der Waals surface area contributed by atoms with Crippen molar-refractivity contribution >= 4 is 23.0 Å². The molecule has 4 nitrogen and oxygen atoms in total. The van der Waals surface area contributed by atoms with Crippen LogP contribution in [0.15, 0.2) is 52.2 Å². The standard InChI is InChI=1S/C14H12N2O2S/c1-17-11-6-4-10(5-7-11)9-19-14-16-13-12(18-14)3-2-8-15-13/h2-8H,9H2,1H3. The quantitative estimate of drug-likeness (QED) is 0.680. The van der Waals surface area contributed by atoms with E-state index in [0.717, 1.165) is 17.1 Å². The van der Waals surface area contributed by atoms with Crippen molar-refractivity contribution in [3.63, 3.8) is 0 Å². The monoisotopic (exact) mass is 272 g/mol. The summed E-state index contributed by atoms with van der Waals surface area (Å²) in [6.07, 6.45) is 1.71. The van der Waals surface area contributed by atoms with Gasteiger partial charge in [0.2, 0.25) is 0 Å². The number of nitrogens with zero attached hydrogens (tertiary/aromatic N) is 2. The topological polar surface area (TPSA) is 48.2 Å². The number of hydrogen-bond donors (Lipinski definition) is 0. The molecule has 96 valence electrons. The van der Waals surface area contributed by atoms with Gasteiger partial charge >= 0.3 is 0 Å². The molecule has 5 heteroatoms. The van der Waals surface area contributed by atoms with Crippen LogP contribution in [0.2, 0.25) is 0 Å². The molecular weight excluding hydrogens is 260 g/mol. The number of fused-ring (bicyclic) bond motifs is 1. The number of methoxy groups -OCH3 is 1. The third kappa shape index (κ3) is 2.71. The molecule has 0 bridgehead atoms. The highest BCUT2D eigenvalue weighted by molar-refractivity contribution is 7.98. The van der Waals surface area contributed by atoms with Crippen LogP contribution in [0.5, 0.6) is 5.75 Å². The molecule has 3 rings (SSSR count). The van der Waals surface area contributed by atoms with Crippen molar-refractivity contribution in [1.29, 1.82) is 0 Å². The summed E-state index contributed by atoms with van der Waals surface area (Å²) in [5, 5.41) is 0.643. The third-order valence-electron chi connectivity index (χ3n) is 2.67. The SMILES string of the molecule is COc1ccc(CSc2nc3ncccc3o2)cc1. The van der Waals surface area contributed by atoms with E-state index in [1.54, 1.807) is 25.1 Å². The van der Waals surface area contributed by atoms with Crippen LogP contribution in [0.25, 0.3) is 11.2 Å². The lowest BCUT2D eigenvalue weighted by Gasteiger charge is -2.01. The highest BCUT2D eigenvalue weighted by atomic mass is 32.2. The zero-order valence-corrected chi connectivity index (χ0v) is 11.2. The molecule has 0 amide bonds. The van der Waals surface area contributed by atoms with Crippen LogP contribution in [0, 0.1) is 0 Å². The van der Waals surface area contributed by atoms with Crippen LogP contribution in [0.4, 0.5) is 0 Å². The Morgan fingerprint density at radius 1 is 1.21 bits per heavy atom. The molecule has 2 heterocycles. The molecule has 19 heavy (non-hydrogen) atoms. The van der Waals surface area contributed by atoms with Gasteiger partial charge in [-0.05, 0) is 29.8 Å². The summed E-state index contributed by atoms with van der Waals surface area (Å²) in [7, 11) is 1.66. The smallest absolute Gasteiger partial charge is 0.258 e. The Morgan fingerprint density at radius 3 is 2.79 bits per heavy atom. The molecule has 0 aliphatic heterocycles. The first-order valence-corrected chi connectivity index (χ1v) is 6.81. The molecule has 0 fully saturated rings. The van der Waals surface area contributed by atoms with Gasteiger partial charge in [0.15, 0.2) is 11.2 Å². The lowest BCUT2D eigenvalue weighted by molar-refractivity contribution is 0.414. The molecule has 0 N–H and O–H groups in total.